The smallest absolute Gasteiger partial charge is 0.259 e. The second kappa shape index (κ2) is 12.7. The maximum atomic E-state index is 16.2. The van der Waals surface area contributed by atoms with E-state index < -0.39 is 18.1 Å². The standard InChI is InChI=1S/C33H53FN6O3/c1-36-12-16-38(17-13-36)11-5-10-35-28-26(34)20-24-29-32(28)43-31-23-7-4-3-6-22(23)8-9-27(31)40(29)21-25(30(24)41)33(42)39-18-14-37(2)15-19-39/h21-24,26-29,31-32,35H,3-20H2,1-2H3. The van der Waals surface area contributed by atoms with Crippen molar-refractivity contribution in [1.29, 1.82) is 0 Å². The molecule has 1 N–H and O–H groups in total. The lowest BCUT2D eigenvalue weighted by Crippen LogP contribution is -2.74. The number of fused-ring (bicyclic) bond motifs is 4. The van der Waals surface area contributed by atoms with Crippen LogP contribution in [0.5, 0.6) is 0 Å². The minimum absolute atomic E-state index is 0.0327. The van der Waals surface area contributed by atoms with Crippen molar-refractivity contribution in [3.8, 4) is 0 Å². The third-order valence-corrected chi connectivity index (χ3v) is 12.1. The minimum atomic E-state index is -1.18. The molecule has 0 aromatic heterocycles. The van der Waals surface area contributed by atoms with Crippen LogP contribution in [-0.2, 0) is 14.3 Å². The third kappa shape index (κ3) is 5.80. The number of nitrogens with one attached hydrogen (secondary N) is 1. The molecule has 0 spiro atoms. The normalized spacial score (nSPS) is 40.9. The van der Waals surface area contributed by atoms with E-state index in [4.69, 9.17) is 4.74 Å². The van der Waals surface area contributed by atoms with Crippen molar-refractivity contribution in [2.45, 2.75) is 87.9 Å². The van der Waals surface area contributed by atoms with Crippen molar-refractivity contribution < 1.29 is 18.7 Å². The number of nitrogens with zero attached hydrogens (tertiary/aromatic N) is 5. The zero-order valence-corrected chi connectivity index (χ0v) is 26.3. The number of piperazine rings is 2. The van der Waals surface area contributed by atoms with E-state index >= 15 is 4.39 Å². The molecule has 3 saturated heterocycles. The van der Waals surface area contributed by atoms with Crippen LogP contribution in [0.2, 0.25) is 0 Å². The number of hydrogen-bond acceptors (Lipinski definition) is 8. The highest BCUT2D eigenvalue weighted by molar-refractivity contribution is 6.20. The van der Waals surface area contributed by atoms with Gasteiger partial charge in [0.1, 0.15) is 6.17 Å². The second-order valence-corrected chi connectivity index (χ2v) is 14.7. The topological polar surface area (TPSA) is 71.6 Å². The summed E-state index contributed by atoms with van der Waals surface area (Å²) >= 11 is 0. The molecule has 9 unspecified atom stereocenters. The van der Waals surface area contributed by atoms with Gasteiger partial charge in [-0.1, -0.05) is 19.3 Å². The fourth-order valence-electron chi connectivity index (χ4n) is 9.58. The fourth-order valence-corrected chi connectivity index (χ4v) is 9.58. The Morgan fingerprint density at radius 3 is 2.44 bits per heavy atom. The summed E-state index contributed by atoms with van der Waals surface area (Å²) in [6, 6.07) is -0.488. The fraction of sp³-hybridized carbons (Fsp3) is 0.879. The van der Waals surface area contributed by atoms with Crippen molar-refractivity contribution in [3.63, 3.8) is 0 Å². The molecule has 7 rings (SSSR count). The van der Waals surface area contributed by atoms with Crippen LogP contribution in [0.15, 0.2) is 11.8 Å². The lowest BCUT2D eigenvalue weighted by Gasteiger charge is -2.61. The number of halogens is 1. The van der Waals surface area contributed by atoms with Gasteiger partial charge in [-0.3, -0.25) is 9.59 Å². The number of amides is 1. The van der Waals surface area contributed by atoms with Gasteiger partial charge in [-0.05, 0) is 71.1 Å². The van der Waals surface area contributed by atoms with Gasteiger partial charge in [0.2, 0.25) is 0 Å². The van der Waals surface area contributed by atoms with E-state index in [-0.39, 0.29) is 48.0 Å². The Bertz CT molecular complexity index is 1060. The van der Waals surface area contributed by atoms with Gasteiger partial charge in [-0.25, -0.2) is 4.39 Å². The van der Waals surface area contributed by atoms with E-state index in [9.17, 15) is 9.59 Å². The van der Waals surface area contributed by atoms with E-state index in [2.05, 4.69) is 39.0 Å². The maximum absolute atomic E-state index is 16.2. The molecule has 0 aromatic carbocycles. The lowest BCUT2D eigenvalue weighted by atomic mass is 9.64. The summed E-state index contributed by atoms with van der Waals surface area (Å²) in [6.45, 7) is 9.00. The van der Waals surface area contributed by atoms with Crippen molar-refractivity contribution in [2.24, 2.45) is 17.8 Å². The summed E-state index contributed by atoms with van der Waals surface area (Å²) in [7, 11) is 4.24. The molecule has 9 atom stereocenters. The first-order chi connectivity index (χ1) is 20.9. The molecule has 0 aromatic rings. The summed E-state index contributed by atoms with van der Waals surface area (Å²) < 4.78 is 23.3. The van der Waals surface area contributed by atoms with E-state index in [1.807, 2.05) is 11.1 Å². The third-order valence-electron chi connectivity index (χ3n) is 12.1. The first kappa shape index (κ1) is 30.1. The highest BCUT2D eigenvalue weighted by Gasteiger charge is 2.60. The predicted octanol–water partition coefficient (Wildman–Crippen LogP) is 1.59. The van der Waals surface area contributed by atoms with Crippen molar-refractivity contribution in [3.05, 3.63) is 11.8 Å². The Kier molecular flexibility index (Phi) is 8.86. The van der Waals surface area contributed by atoms with Gasteiger partial charge in [0.15, 0.2) is 5.78 Å². The van der Waals surface area contributed by atoms with Gasteiger partial charge >= 0.3 is 0 Å². The zero-order valence-electron chi connectivity index (χ0n) is 26.3. The number of rotatable bonds is 6. The molecule has 4 heterocycles. The monoisotopic (exact) mass is 600 g/mol. The summed E-state index contributed by atoms with van der Waals surface area (Å²) in [4.78, 5) is 39.1. The van der Waals surface area contributed by atoms with E-state index in [1.54, 1.807) is 0 Å². The molecule has 7 aliphatic rings. The molecule has 0 radical (unpaired) electrons. The molecule has 10 heteroatoms. The predicted molar refractivity (Wildman–Crippen MR) is 163 cm³/mol. The molecule has 0 bridgehead atoms. The van der Waals surface area contributed by atoms with Gasteiger partial charge in [0.25, 0.3) is 5.91 Å². The van der Waals surface area contributed by atoms with Gasteiger partial charge < -0.3 is 34.6 Å². The number of carbonyl (C=O) groups is 2. The molecule has 3 saturated carbocycles. The van der Waals surface area contributed by atoms with Gasteiger partial charge in [-0.2, -0.15) is 0 Å². The van der Waals surface area contributed by atoms with Crippen LogP contribution in [0.25, 0.3) is 0 Å². The first-order valence-electron chi connectivity index (χ1n) is 17.3. The Balaban J connectivity index is 1.13. The number of ether oxygens (including phenoxy) is 1. The minimum Gasteiger partial charge on any atom is -0.369 e. The Morgan fingerprint density at radius 1 is 0.953 bits per heavy atom. The second-order valence-electron chi connectivity index (χ2n) is 14.7. The SMILES string of the molecule is CN1CCN(CCCNC2C(F)CC3C(=O)C(C(=O)N4CCN(C)CC4)=CN4C5CCC6CCCCC6C5OC2C34)CC1. The summed E-state index contributed by atoms with van der Waals surface area (Å²) in [5, 5.41) is 3.60. The van der Waals surface area contributed by atoms with Crippen LogP contribution in [0.1, 0.15) is 51.4 Å². The van der Waals surface area contributed by atoms with Gasteiger partial charge in [0, 0.05) is 64.5 Å². The number of alkyl halides is 1. The molecule has 4 aliphatic heterocycles. The zero-order chi connectivity index (χ0) is 29.7. The summed E-state index contributed by atoms with van der Waals surface area (Å²) in [6.07, 6.45) is 8.65. The molecule has 3 aliphatic carbocycles. The van der Waals surface area contributed by atoms with Crippen LogP contribution < -0.4 is 5.32 Å². The highest BCUT2D eigenvalue weighted by atomic mass is 19.1. The maximum Gasteiger partial charge on any atom is 0.259 e. The Labute approximate surface area is 257 Å². The molecule has 240 valence electrons. The number of morpholine rings is 1. The number of hydrogen-bond donors (Lipinski definition) is 1. The molecular weight excluding hydrogens is 547 g/mol. The Morgan fingerprint density at radius 2 is 1.67 bits per heavy atom. The number of carbonyl (C=O) groups excluding carboxylic acids is 2. The van der Waals surface area contributed by atoms with Crippen LogP contribution in [0.3, 0.4) is 0 Å². The van der Waals surface area contributed by atoms with Gasteiger partial charge in [-0.15, -0.1) is 0 Å². The average molecular weight is 601 g/mol. The summed E-state index contributed by atoms with van der Waals surface area (Å²) in [5.41, 5.74) is 0.279. The molecule has 43 heavy (non-hydrogen) atoms. The largest absolute Gasteiger partial charge is 0.369 e. The number of likely N-dealkylation sites (N-methyl/N-ethyl adjacent to an activating group) is 2. The van der Waals surface area contributed by atoms with Crippen LogP contribution in [-0.4, -0.2) is 152 Å². The van der Waals surface area contributed by atoms with Crippen molar-refractivity contribution in [2.75, 3.05) is 79.5 Å². The van der Waals surface area contributed by atoms with Crippen LogP contribution >= 0.6 is 0 Å². The number of Topliss-reactive ketones (excluding diaryl/α,β-unsaturated/α-hetero) is 1. The molecule has 1 amide bonds. The van der Waals surface area contributed by atoms with Crippen LogP contribution in [0.4, 0.5) is 4.39 Å². The number of ketones is 1. The molecule has 6 fully saturated rings. The van der Waals surface area contributed by atoms with Crippen molar-refractivity contribution in [1.82, 2.24) is 29.8 Å². The molecular formula is C33H53FN6O3. The van der Waals surface area contributed by atoms with E-state index in [1.165, 1.54) is 32.1 Å². The van der Waals surface area contributed by atoms with Gasteiger partial charge in [0.05, 0.1) is 35.9 Å². The van der Waals surface area contributed by atoms with Crippen molar-refractivity contribution >= 4 is 11.7 Å². The average Bonchev–Trinajstić information content (AvgIpc) is 3.02. The molecule has 9 nitrogen and oxygen atoms in total. The first-order valence-corrected chi connectivity index (χ1v) is 17.3. The summed E-state index contributed by atoms with van der Waals surface area (Å²) in [5.74, 6) is 0.281. The quantitative estimate of drug-likeness (QED) is 0.364. The van der Waals surface area contributed by atoms with Crippen LogP contribution in [0, 0.1) is 17.8 Å². The Hall–Kier alpha value is -1.59. The highest BCUT2D eigenvalue weighted by Crippen LogP contribution is 2.50. The van der Waals surface area contributed by atoms with E-state index in [0.29, 0.717) is 24.9 Å². The van der Waals surface area contributed by atoms with E-state index in [0.717, 1.165) is 65.2 Å². The lowest BCUT2D eigenvalue weighted by molar-refractivity contribution is -0.220.